The second kappa shape index (κ2) is 8.97. The van der Waals surface area contributed by atoms with Gasteiger partial charge in [-0.2, -0.15) is 0 Å². The van der Waals surface area contributed by atoms with Crippen LogP contribution in [0.2, 0.25) is 0 Å². The third-order valence-electron chi connectivity index (χ3n) is 5.27. The number of hydrogen-bond acceptors (Lipinski definition) is 5. The maximum absolute atomic E-state index is 13.3. The summed E-state index contributed by atoms with van der Waals surface area (Å²) in [7, 11) is 0. The van der Waals surface area contributed by atoms with Crippen LogP contribution in [-0.2, 0) is 11.3 Å². The van der Waals surface area contributed by atoms with Crippen molar-refractivity contribution in [2.45, 2.75) is 46.3 Å². The number of carbonyl (C=O) groups excluding carboxylic acids is 2. The van der Waals surface area contributed by atoms with E-state index in [0.717, 1.165) is 4.68 Å². The standard InChI is InChI=1S/C24H26N6O4/c1-14(2)25-21(32)16-10-11-18-19(12-16)30-23(29(15(3)4)22(18)33)27-28(24(30)34)13-20(31)26-17-8-6-5-7-9-17/h5-12,14-15H,13H2,1-4H3,(H,25,32)(H,26,31). The Bertz CT molecular complexity index is 1510. The molecule has 2 aromatic carbocycles. The topological polar surface area (TPSA) is 120 Å². The minimum absolute atomic E-state index is 0.0780. The van der Waals surface area contributed by atoms with Crippen LogP contribution in [0.4, 0.5) is 5.69 Å². The fraction of sp³-hybridized carbons (Fsp3) is 0.292. The van der Waals surface area contributed by atoms with Crippen LogP contribution in [0.25, 0.3) is 16.7 Å². The summed E-state index contributed by atoms with van der Waals surface area (Å²) in [4.78, 5) is 51.7. The molecule has 0 fully saturated rings. The molecule has 34 heavy (non-hydrogen) atoms. The monoisotopic (exact) mass is 462 g/mol. The van der Waals surface area contributed by atoms with Crippen LogP contribution < -0.4 is 21.9 Å². The molecule has 0 atom stereocenters. The highest BCUT2D eigenvalue weighted by atomic mass is 16.2. The maximum atomic E-state index is 13.3. The van der Waals surface area contributed by atoms with Gasteiger partial charge in [0.05, 0.1) is 10.9 Å². The Kier molecular flexibility index (Phi) is 6.06. The Balaban J connectivity index is 1.87. The quantitative estimate of drug-likeness (QED) is 0.455. The zero-order chi connectivity index (χ0) is 24.6. The van der Waals surface area contributed by atoms with Gasteiger partial charge in [-0.25, -0.2) is 13.9 Å². The Labute approximate surface area is 194 Å². The number of nitrogens with one attached hydrogen (secondary N) is 2. The van der Waals surface area contributed by atoms with E-state index in [1.54, 1.807) is 30.3 Å². The molecule has 0 spiro atoms. The van der Waals surface area contributed by atoms with Crippen molar-refractivity contribution >= 4 is 34.2 Å². The highest BCUT2D eigenvalue weighted by Gasteiger charge is 2.21. The lowest BCUT2D eigenvalue weighted by atomic mass is 10.1. The smallest absolute Gasteiger partial charge is 0.350 e. The van der Waals surface area contributed by atoms with E-state index in [9.17, 15) is 19.2 Å². The van der Waals surface area contributed by atoms with E-state index in [1.165, 1.54) is 21.1 Å². The molecule has 2 heterocycles. The first kappa shape index (κ1) is 23.0. The van der Waals surface area contributed by atoms with Crippen molar-refractivity contribution in [2.24, 2.45) is 0 Å². The third kappa shape index (κ3) is 4.21. The predicted molar refractivity (Wildman–Crippen MR) is 129 cm³/mol. The predicted octanol–water partition coefficient (Wildman–Crippen LogP) is 2.17. The summed E-state index contributed by atoms with van der Waals surface area (Å²) in [6.07, 6.45) is 0. The molecule has 2 amide bonds. The van der Waals surface area contributed by atoms with Crippen LogP contribution in [0.15, 0.2) is 58.1 Å². The molecule has 4 rings (SSSR count). The molecule has 0 unspecified atom stereocenters. The number of hydrogen-bond donors (Lipinski definition) is 2. The summed E-state index contributed by atoms with van der Waals surface area (Å²) in [6, 6.07) is 13.1. The molecule has 10 nitrogen and oxygen atoms in total. The number of nitrogens with zero attached hydrogens (tertiary/aromatic N) is 4. The van der Waals surface area contributed by atoms with E-state index in [2.05, 4.69) is 15.7 Å². The molecule has 0 aliphatic rings. The summed E-state index contributed by atoms with van der Waals surface area (Å²) in [5.74, 6) is -0.649. The SMILES string of the molecule is CC(C)NC(=O)c1ccc2c(=O)n(C(C)C)c3nn(CC(=O)Nc4ccccc4)c(=O)n3c2c1. The zero-order valence-electron chi connectivity index (χ0n) is 19.4. The van der Waals surface area contributed by atoms with Crippen molar-refractivity contribution in [3.8, 4) is 0 Å². The average Bonchev–Trinajstić information content (AvgIpc) is 3.09. The van der Waals surface area contributed by atoms with Crippen LogP contribution >= 0.6 is 0 Å². The second-order valence-electron chi connectivity index (χ2n) is 8.62. The Morgan fingerprint density at radius 2 is 1.71 bits per heavy atom. The normalized spacial score (nSPS) is 11.5. The number of anilines is 1. The van der Waals surface area contributed by atoms with Gasteiger partial charge in [0, 0.05) is 23.3 Å². The van der Waals surface area contributed by atoms with Gasteiger partial charge in [0.2, 0.25) is 11.7 Å². The van der Waals surface area contributed by atoms with Crippen molar-refractivity contribution in [3.63, 3.8) is 0 Å². The lowest BCUT2D eigenvalue weighted by Crippen LogP contribution is -2.31. The molecular weight excluding hydrogens is 436 g/mol. The first-order valence-electron chi connectivity index (χ1n) is 11.0. The molecule has 0 aliphatic carbocycles. The first-order valence-corrected chi connectivity index (χ1v) is 11.0. The van der Waals surface area contributed by atoms with Gasteiger partial charge in [-0.05, 0) is 58.0 Å². The van der Waals surface area contributed by atoms with Crippen molar-refractivity contribution in [2.75, 3.05) is 5.32 Å². The minimum Gasteiger partial charge on any atom is -0.350 e. The van der Waals surface area contributed by atoms with Gasteiger partial charge in [0.1, 0.15) is 6.54 Å². The molecule has 4 aromatic rings. The van der Waals surface area contributed by atoms with Crippen LogP contribution in [0.1, 0.15) is 44.1 Å². The molecule has 10 heteroatoms. The number of benzene rings is 2. The number of amides is 2. The Morgan fingerprint density at radius 1 is 1.00 bits per heavy atom. The third-order valence-corrected chi connectivity index (χ3v) is 5.27. The van der Waals surface area contributed by atoms with Gasteiger partial charge in [0.15, 0.2) is 0 Å². The van der Waals surface area contributed by atoms with E-state index >= 15 is 0 Å². The lowest BCUT2D eigenvalue weighted by Gasteiger charge is -2.13. The molecule has 0 saturated heterocycles. The van der Waals surface area contributed by atoms with E-state index in [0.29, 0.717) is 11.3 Å². The summed E-state index contributed by atoms with van der Waals surface area (Å²) in [5, 5.41) is 10.1. The molecule has 0 bridgehead atoms. The van der Waals surface area contributed by atoms with Crippen LogP contribution in [0.5, 0.6) is 0 Å². The number of fused-ring (bicyclic) bond motifs is 3. The molecule has 2 N–H and O–H groups in total. The van der Waals surface area contributed by atoms with Crippen LogP contribution in [0, 0.1) is 0 Å². The van der Waals surface area contributed by atoms with Gasteiger partial charge >= 0.3 is 5.69 Å². The molecule has 176 valence electrons. The summed E-state index contributed by atoms with van der Waals surface area (Å²) in [5.41, 5.74) is 0.242. The second-order valence-corrected chi connectivity index (χ2v) is 8.62. The molecule has 2 aromatic heterocycles. The van der Waals surface area contributed by atoms with Gasteiger partial charge in [0.25, 0.3) is 11.5 Å². The lowest BCUT2D eigenvalue weighted by molar-refractivity contribution is -0.117. The Morgan fingerprint density at radius 3 is 2.35 bits per heavy atom. The highest BCUT2D eigenvalue weighted by Crippen LogP contribution is 2.17. The van der Waals surface area contributed by atoms with E-state index in [1.807, 2.05) is 33.8 Å². The average molecular weight is 463 g/mol. The number of aromatic nitrogens is 4. The van der Waals surface area contributed by atoms with Crippen molar-refractivity contribution in [1.29, 1.82) is 0 Å². The van der Waals surface area contributed by atoms with E-state index in [4.69, 9.17) is 0 Å². The van der Waals surface area contributed by atoms with Crippen molar-refractivity contribution in [1.82, 2.24) is 24.1 Å². The number of carbonyl (C=O) groups is 2. The van der Waals surface area contributed by atoms with E-state index in [-0.39, 0.29) is 46.8 Å². The zero-order valence-corrected chi connectivity index (χ0v) is 19.4. The van der Waals surface area contributed by atoms with Gasteiger partial charge in [-0.15, -0.1) is 5.10 Å². The van der Waals surface area contributed by atoms with Gasteiger partial charge in [-0.1, -0.05) is 18.2 Å². The maximum Gasteiger partial charge on any atom is 0.352 e. The fourth-order valence-corrected chi connectivity index (χ4v) is 3.79. The highest BCUT2D eigenvalue weighted by molar-refractivity contribution is 5.98. The van der Waals surface area contributed by atoms with Crippen molar-refractivity contribution < 1.29 is 9.59 Å². The summed E-state index contributed by atoms with van der Waals surface area (Å²) >= 11 is 0. The first-order chi connectivity index (χ1) is 16.2. The fourth-order valence-electron chi connectivity index (χ4n) is 3.79. The number of para-hydroxylation sites is 1. The van der Waals surface area contributed by atoms with Crippen LogP contribution in [0.3, 0.4) is 0 Å². The molecular formula is C24H26N6O4. The molecule has 0 saturated carbocycles. The summed E-state index contributed by atoms with van der Waals surface area (Å²) < 4.78 is 3.70. The van der Waals surface area contributed by atoms with Crippen LogP contribution in [-0.4, -0.2) is 36.6 Å². The minimum atomic E-state index is -0.584. The Hall–Kier alpha value is -4.21. The van der Waals surface area contributed by atoms with Crippen molar-refractivity contribution in [3.05, 3.63) is 74.9 Å². The molecule has 0 radical (unpaired) electrons. The van der Waals surface area contributed by atoms with Gasteiger partial charge < -0.3 is 10.6 Å². The van der Waals surface area contributed by atoms with E-state index < -0.39 is 11.6 Å². The summed E-state index contributed by atoms with van der Waals surface area (Å²) in [6.45, 7) is 6.96. The molecule has 0 aliphatic heterocycles. The largest absolute Gasteiger partial charge is 0.352 e. The van der Waals surface area contributed by atoms with Gasteiger partial charge in [-0.3, -0.25) is 19.0 Å². The number of rotatable bonds is 6.